The maximum absolute atomic E-state index is 12.4. The third-order valence-electron chi connectivity index (χ3n) is 3.97. The number of nitrogens with one attached hydrogen (secondary N) is 1. The summed E-state index contributed by atoms with van der Waals surface area (Å²) in [6.45, 7) is 3.46. The molecule has 2 amide bonds. The van der Waals surface area contributed by atoms with Crippen LogP contribution in [0.5, 0.6) is 0 Å². The van der Waals surface area contributed by atoms with Gasteiger partial charge in [-0.3, -0.25) is 4.98 Å². The SMILES string of the molecule is Cc1cnccc1NC(=O)N1CCc2ccccc2CC1. The van der Waals surface area contributed by atoms with Gasteiger partial charge in [-0.25, -0.2) is 4.79 Å². The van der Waals surface area contributed by atoms with Crippen LogP contribution < -0.4 is 5.32 Å². The fourth-order valence-corrected chi connectivity index (χ4v) is 2.68. The van der Waals surface area contributed by atoms with Crippen LogP contribution >= 0.6 is 0 Å². The Balaban J connectivity index is 1.68. The minimum atomic E-state index is -0.0305. The zero-order valence-corrected chi connectivity index (χ0v) is 12.2. The third-order valence-corrected chi connectivity index (χ3v) is 3.97. The number of hydrogen-bond acceptors (Lipinski definition) is 2. The summed E-state index contributed by atoms with van der Waals surface area (Å²) in [6.07, 6.45) is 5.28. The highest BCUT2D eigenvalue weighted by Gasteiger charge is 2.18. The van der Waals surface area contributed by atoms with Gasteiger partial charge >= 0.3 is 6.03 Å². The summed E-state index contributed by atoms with van der Waals surface area (Å²) < 4.78 is 0. The molecule has 21 heavy (non-hydrogen) atoms. The van der Waals surface area contributed by atoms with Crippen molar-refractivity contribution in [3.63, 3.8) is 0 Å². The van der Waals surface area contributed by atoms with Crippen LogP contribution in [0.2, 0.25) is 0 Å². The van der Waals surface area contributed by atoms with Gasteiger partial charge in [-0.05, 0) is 42.5 Å². The second-order valence-corrected chi connectivity index (χ2v) is 5.38. The average molecular weight is 281 g/mol. The van der Waals surface area contributed by atoms with Crippen LogP contribution in [-0.4, -0.2) is 29.0 Å². The lowest BCUT2D eigenvalue weighted by Crippen LogP contribution is -2.37. The zero-order chi connectivity index (χ0) is 14.7. The molecule has 0 spiro atoms. The summed E-state index contributed by atoms with van der Waals surface area (Å²) in [7, 11) is 0. The Morgan fingerprint density at radius 1 is 1.14 bits per heavy atom. The van der Waals surface area contributed by atoms with Gasteiger partial charge in [0, 0.05) is 31.2 Å². The summed E-state index contributed by atoms with van der Waals surface area (Å²) >= 11 is 0. The molecule has 1 aliphatic rings. The van der Waals surface area contributed by atoms with Gasteiger partial charge in [0.15, 0.2) is 0 Å². The number of aryl methyl sites for hydroxylation is 1. The molecule has 3 rings (SSSR count). The van der Waals surface area contributed by atoms with Gasteiger partial charge in [0.1, 0.15) is 0 Å². The molecule has 0 atom stereocenters. The lowest BCUT2D eigenvalue weighted by atomic mass is 10.0. The van der Waals surface area contributed by atoms with E-state index in [0.717, 1.165) is 37.2 Å². The minimum absolute atomic E-state index is 0.0305. The molecule has 1 aromatic carbocycles. The van der Waals surface area contributed by atoms with E-state index in [1.807, 2.05) is 17.9 Å². The molecule has 1 aromatic heterocycles. The van der Waals surface area contributed by atoms with Crippen molar-refractivity contribution in [3.8, 4) is 0 Å². The van der Waals surface area contributed by atoms with E-state index in [4.69, 9.17) is 0 Å². The molecule has 4 nitrogen and oxygen atoms in total. The first-order chi connectivity index (χ1) is 10.2. The largest absolute Gasteiger partial charge is 0.324 e. The number of pyridine rings is 1. The maximum Gasteiger partial charge on any atom is 0.321 e. The first-order valence-electron chi connectivity index (χ1n) is 7.27. The number of fused-ring (bicyclic) bond motifs is 1. The molecule has 0 radical (unpaired) electrons. The fourth-order valence-electron chi connectivity index (χ4n) is 2.68. The number of amides is 2. The highest BCUT2D eigenvalue weighted by Crippen LogP contribution is 2.17. The number of urea groups is 1. The van der Waals surface area contributed by atoms with E-state index in [0.29, 0.717) is 0 Å². The lowest BCUT2D eigenvalue weighted by molar-refractivity contribution is 0.214. The van der Waals surface area contributed by atoms with Gasteiger partial charge in [0.25, 0.3) is 0 Å². The van der Waals surface area contributed by atoms with Crippen LogP contribution in [0.3, 0.4) is 0 Å². The van der Waals surface area contributed by atoms with Crippen LogP contribution in [-0.2, 0) is 12.8 Å². The van der Waals surface area contributed by atoms with E-state index in [-0.39, 0.29) is 6.03 Å². The summed E-state index contributed by atoms with van der Waals surface area (Å²) in [5.41, 5.74) is 4.52. The second kappa shape index (κ2) is 5.95. The van der Waals surface area contributed by atoms with Crippen molar-refractivity contribution >= 4 is 11.7 Å². The summed E-state index contributed by atoms with van der Waals surface area (Å²) in [5, 5.41) is 2.98. The van der Waals surface area contributed by atoms with Crippen molar-refractivity contribution in [2.24, 2.45) is 0 Å². The van der Waals surface area contributed by atoms with Crippen molar-refractivity contribution in [2.45, 2.75) is 19.8 Å². The topological polar surface area (TPSA) is 45.2 Å². The molecule has 108 valence electrons. The molecule has 0 aliphatic carbocycles. The zero-order valence-electron chi connectivity index (χ0n) is 12.2. The Kier molecular flexibility index (Phi) is 3.86. The number of carbonyl (C=O) groups excluding carboxylic acids is 1. The Labute approximate surface area is 124 Å². The average Bonchev–Trinajstić information content (AvgIpc) is 2.72. The Bertz CT molecular complexity index is 627. The van der Waals surface area contributed by atoms with Gasteiger partial charge in [-0.2, -0.15) is 0 Å². The van der Waals surface area contributed by atoms with Crippen LogP contribution in [0.4, 0.5) is 10.5 Å². The van der Waals surface area contributed by atoms with Gasteiger partial charge < -0.3 is 10.2 Å². The maximum atomic E-state index is 12.4. The van der Waals surface area contributed by atoms with Crippen molar-refractivity contribution in [1.82, 2.24) is 9.88 Å². The molecule has 1 N–H and O–H groups in total. The number of anilines is 1. The van der Waals surface area contributed by atoms with Gasteiger partial charge in [-0.1, -0.05) is 24.3 Å². The second-order valence-electron chi connectivity index (χ2n) is 5.38. The number of hydrogen-bond donors (Lipinski definition) is 1. The quantitative estimate of drug-likeness (QED) is 0.873. The van der Waals surface area contributed by atoms with Crippen LogP contribution in [0.15, 0.2) is 42.7 Å². The van der Waals surface area contributed by atoms with E-state index in [1.54, 1.807) is 12.4 Å². The van der Waals surface area contributed by atoms with Gasteiger partial charge in [0.05, 0.1) is 0 Å². The lowest BCUT2D eigenvalue weighted by Gasteiger charge is -2.21. The minimum Gasteiger partial charge on any atom is -0.324 e. The Morgan fingerprint density at radius 3 is 2.43 bits per heavy atom. The molecule has 2 aromatic rings. The molecule has 0 saturated carbocycles. The molecule has 4 heteroatoms. The molecular weight excluding hydrogens is 262 g/mol. The van der Waals surface area contributed by atoms with E-state index in [9.17, 15) is 4.79 Å². The predicted molar refractivity (Wildman–Crippen MR) is 83.4 cm³/mol. The Hall–Kier alpha value is -2.36. The highest BCUT2D eigenvalue weighted by molar-refractivity contribution is 5.90. The van der Waals surface area contributed by atoms with Crippen molar-refractivity contribution in [1.29, 1.82) is 0 Å². The highest BCUT2D eigenvalue weighted by atomic mass is 16.2. The van der Waals surface area contributed by atoms with E-state index >= 15 is 0 Å². The standard InChI is InChI=1S/C17H19N3O/c1-13-12-18-9-6-16(13)19-17(21)20-10-7-14-4-2-3-5-15(14)8-11-20/h2-6,9,12H,7-8,10-11H2,1H3,(H,18,19,21). The summed E-state index contributed by atoms with van der Waals surface area (Å²) in [4.78, 5) is 18.3. The predicted octanol–water partition coefficient (Wildman–Crippen LogP) is 3.02. The number of carbonyl (C=O) groups is 1. The van der Waals surface area contributed by atoms with Crippen LogP contribution in [0.25, 0.3) is 0 Å². The molecular formula is C17H19N3O. The molecule has 0 fully saturated rings. The Morgan fingerprint density at radius 2 is 1.81 bits per heavy atom. The molecule has 2 heterocycles. The molecule has 0 unspecified atom stereocenters. The third kappa shape index (κ3) is 3.05. The number of benzene rings is 1. The number of aromatic nitrogens is 1. The first kappa shape index (κ1) is 13.6. The smallest absolute Gasteiger partial charge is 0.321 e. The number of rotatable bonds is 1. The van der Waals surface area contributed by atoms with Crippen LogP contribution in [0, 0.1) is 6.92 Å². The molecule has 0 bridgehead atoms. The van der Waals surface area contributed by atoms with Gasteiger partial charge in [-0.15, -0.1) is 0 Å². The molecule has 1 aliphatic heterocycles. The fraction of sp³-hybridized carbons (Fsp3) is 0.294. The number of nitrogens with zero attached hydrogens (tertiary/aromatic N) is 2. The van der Waals surface area contributed by atoms with E-state index < -0.39 is 0 Å². The van der Waals surface area contributed by atoms with Crippen molar-refractivity contribution < 1.29 is 4.79 Å². The summed E-state index contributed by atoms with van der Waals surface area (Å²) in [5.74, 6) is 0. The van der Waals surface area contributed by atoms with E-state index in [1.165, 1.54) is 11.1 Å². The summed E-state index contributed by atoms with van der Waals surface area (Å²) in [6, 6.07) is 10.2. The monoisotopic (exact) mass is 281 g/mol. The van der Waals surface area contributed by atoms with Crippen LogP contribution in [0.1, 0.15) is 16.7 Å². The van der Waals surface area contributed by atoms with Crippen molar-refractivity contribution in [2.75, 3.05) is 18.4 Å². The van der Waals surface area contributed by atoms with E-state index in [2.05, 4.69) is 34.6 Å². The van der Waals surface area contributed by atoms with Gasteiger partial charge in [0.2, 0.25) is 0 Å². The normalized spacial score (nSPS) is 14.2. The first-order valence-corrected chi connectivity index (χ1v) is 7.27. The molecule has 0 saturated heterocycles. The van der Waals surface area contributed by atoms with Crippen molar-refractivity contribution in [3.05, 3.63) is 59.4 Å².